The highest BCUT2D eigenvalue weighted by Gasteiger charge is 2.48. The standard InChI is InChI=1S/C12H20N2O4/c13-7-12(3-1-2-4-12)11(18)14-6-8(15)5-9(14)10(16)17/h8-9,15H,1-7,13H2,(H,16,17)/t8-,9-/m0/s1. The molecule has 2 fully saturated rings. The van der Waals surface area contributed by atoms with Crippen molar-refractivity contribution in [1.82, 2.24) is 4.90 Å². The van der Waals surface area contributed by atoms with Crippen LogP contribution >= 0.6 is 0 Å². The number of aliphatic hydroxyl groups is 1. The number of carbonyl (C=O) groups is 2. The van der Waals surface area contributed by atoms with E-state index in [0.717, 1.165) is 25.7 Å². The van der Waals surface area contributed by atoms with Crippen LogP contribution in [-0.4, -0.2) is 52.2 Å². The molecule has 6 heteroatoms. The molecule has 0 radical (unpaired) electrons. The molecule has 2 aliphatic rings. The van der Waals surface area contributed by atoms with Gasteiger partial charge in [-0.3, -0.25) is 4.79 Å². The van der Waals surface area contributed by atoms with Gasteiger partial charge in [0, 0.05) is 19.5 Å². The van der Waals surface area contributed by atoms with Crippen molar-refractivity contribution in [3.05, 3.63) is 0 Å². The Hall–Kier alpha value is -1.14. The van der Waals surface area contributed by atoms with E-state index >= 15 is 0 Å². The van der Waals surface area contributed by atoms with E-state index in [1.165, 1.54) is 4.90 Å². The fourth-order valence-electron chi connectivity index (χ4n) is 3.13. The molecular formula is C12H20N2O4. The molecular weight excluding hydrogens is 236 g/mol. The van der Waals surface area contributed by atoms with Gasteiger partial charge in [0.2, 0.25) is 5.91 Å². The van der Waals surface area contributed by atoms with Crippen molar-refractivity contribution in [1.29, 1.82) is 0 Å². The van der Waals surface area contributed by atoms with Crippen molar-refractivity contribution in [2.24, 2.45) is 11.1 Å². The summed E-state index contributed by atoms with van der Waals surface area (Å²) in [5.41, 5.74) is 5.14. The maximum atomic E-state index is 12.5. The van der Waals surface area contributed by atoms with Crippen LogP contribution in [0.5, 0.6) is 0 Å². The van der Waals surface area contributed by atoms with Crippen molar-refractivity contribution in [2.75, 3.05) is 13.1 Å². The monoisotopic (exact) mass is 256 g/mol. The molecule has 102 valence electrons. The van der Waals surface area contributed by atoms with Crippen LogP contribution in [0.2, 0.25) is 0 Å². The molecule has 1 saturated carbocycles. The van der Waals surface area contributed by atoms with Crippen LogP contribution in [0.1, 0.15) is 32.1 Å². The average Bonchev–Trinajstić information content (AvgIpc) is 2.95. The summed E-state index contributed by atoms with van der Waals surface area (Å²) in [6, 6.07) is -0.906. The van der Waals surface area contributed by atoms with Gasteiger partial charge in [-0.2, -0.15) is 0 Å². The Labute approximate surface area is 106 Å². The summed E-state index contributed by atoms with van der Waals surface area (Å²) >= 11 is 0. The predicted molar refractivity (Wildman–Crippen MR) is 63.7 cm³/mol. The molecule has 6 nitrogen and oxygen atoms in total. The van der Waals surface area contributed by atoms with Crippen LogP contribution < -0.4 is 5.73 Å². The summed E-state index contributed by atoms with van der Waals surface area (Å²) in [4.78, 5) is 25.0. The summed E-state index contributed by atoms with van der Waals surface area (Å²) in [6.07, 6.45) is 2.73. The average molecular weight is 256 g/mol. The number of β-amino-alcohol motifs (C(OH)–C–C–N with tert-alkyl or cyclic N) is 1. The number of amides is 1. The Morgan fingerprint density at radius 1 is 1.33 bits per heavy atom. The molecule has 0 bridgehead atoms. The van der Waals surface area contributed by atoms with Gasteiger partial charge in [0.25, 0.3) is 0 Å². The Kier molecular flexibility index (Phi) is 3.59. The van der Waals surface area contributed by atoms with E-state index in [1.807, 2.05) is 0 Å². The lowest BCUT2D eigenvalue weighted by molar-refractivity contribution is -0.152. The minimum absolute atomic E-state index is 0.109. The molecule has 1 aliphatic carbocycles. The number of carboxylic acids is 1. The summed E-state index contributed by atoms with van der Waals surface area (Å²) in [5, 5.41) is 18.7. The predicted octanol–water partition coefficient (Wildman–Crippen LogP) is -0.448. The second-order valence-corrected chi connectivity index (χ2v) is 5.39. The van der Waals surface area contributed by atoms with E-state index in [1.54, 1.807) is 0 Å². The van der Waals surface area contributed by atoms with Gasteiger partial charge in [-0.1, -0.05) is 12.8 Å². The first-order valence-corrected chi connectivity index (χ1v) is 6.42. The summed E-state index contributed by atoms with van der Waals surface area (Å²) in [7, 11) is 0. The van der Waals surface area contributed by atoms with Gasteiger partial charge in [-0.05, 0) is 12.8 Å². The van der Waals surface area contributed by atoms with Crippen LogP contribution in [0.3, 0.4) is 0 Å². The van der Waals surface area contributed by atoms with Gasteiger partial charge in [-0.25, -0.2) is 4.79 Å². The van der Waals surface area contributed by atoms with Crippen LogP contribution in [0, 0.1) is 5.41 Å². The van der Waals surface area contributed by atoms with Crippen LogP contribution in [-0.2, 0) is 9.59 Å². The Bertz CT molecular complexity index is 352. The van der Waals surface area contributed by atoms with Crippen molar-refractivity contribution in [2.45, 2.75) is 44.2 Å². The second-order valence-electron chi connectivity index (χ2n) is 5.39. The first-order valence-electron chi connectivity index (χ1n) is 6.42. The van der Waals surface area contributed by atoms with Gasteiger partial charge >= 0.3 is 5.97 Å². The highest BCUT2D eigenvalue weighted by atomic mass is 16.4. The third-order valence-corrected chi connectivity index (χ3v) is 4.23. The Morgan fingerprint density at radius 3 is 2.44 bits per heavy atom. The molecule has 1 saturated heterocycles. The molecule has 0 aromatic carbocycles. The summed E-state index contributed by atoms with van der Waals surface area (Å²) < 4.78 is 0. The number of likely N-dealkylation sites (tertiary alicyclic amines) is 1. The van der Waals surface area contributed by atoms with Crippen molar-refractivity contribution >= 4 is 11.9 Å². The molecule has 1 aliphatic heterocycles. The normalized spacial score (nSPS) is 30.7. The molecule has 1 heterocycles. The number of nitrogens with zero attached hydrogens (tertiary/aromatic N) is 1. The number of aliphatic carboxylic acids is 1. The van der Waals surface area contributed by atoms with E-state index < -0.39 is 23.5 Å². The van der Waals surface area contributed by atoms with Crippen LogP contribution in [0.25, 0.3) is 0 Å². The lowest BCUT2D eigenvalue weighted by Crippen LogP contribution is -2.50. The number of hydrogen-bond acceptors (Lipinski definition) is 4. The number of carbonyl (C=O) groups excluding carboxylic acids is 1. The third kappa shape index (κ3) is 2.10. The Morgan fingerprint density at radius 2 is 1.94 bits per heavy atom. The van der Waals surface area contributed by atoms with Crippen molar-refractivity contribution in [3.8, 4) is 0 Å². The number of nitrogens with two attached hydrogens (primary N) is 1. The van der Waals surface area contributed by atoms with E-state index in [2.05, 4.69) is 0 Å². The van der Waals surface area contributed by atoms with Crippen molar-refractivity contribution < 1.29 is 19.8 Å². The molecule has 0 unspecified atom stereocenters. The highest BCUT2D eigenvalue weighted by molar-refractivity contribution is 5.88. The maximum absolute atomic E-state index is 12.5. The van der Waals surface area contributed by atoms with E-state index in [4.69, 9.17) is 10.8 Å². The topological polar surface area (TPSA) is 104 Å². The molecule has 4 N–H and O–H groups in total. The van der Waals surface area contributed by atoms with Gasteiger partial charge in [0.05, 0.1) is 11.5 Å². The smallest absolute Gasteiger partial charge is 0.326 e. The maximum Gasteiger partial charge on any atom is 0.326 e. The zero-order valence-electron chi connectivity index (χ0n) is 10.3. The lowest BCUT2D eigenvalue weighted by atomic mass is 9.84. The zero-order chi connectivity index (χ0) is 13.3. The van der Waals surface area contributed by atoms with E-state index in [-0.39, 0.29) is 25.4 Å². The second kappa shape index (κ2) is 4.85. The lowest BCUT2D eigenvalue weighted by Gasteiger charge is -2.33. The molecule has 0 spiro atoms. The Balaban J connectivity index is 2.19. The van der Waals surface area contributed by atoms with Gasteiger partial charge in [-0.15, -0.1) is 0 Å². The molecule has 18 heavy (non-hydrogen) atoms. The van der Waals surface area contributed by atoms with Crippen LogP contribution in [0.4, 0.5) is 0 Å². The molecule has 1 amide bonds. The SMILES string of the molecule is NCC1(C(=O)N2C[C@@H](O)C[C@H]2C(=O)O)CCCC1. The third-order valence-electron chi connectivity index (χ3n) is 4.23. The fourth-order valence-corrected chi connectivity index (χ4v) is 3.13. The van der Waals surface area contributed by atoms with Gasteiger partial charge in [0.1, 0.15) is 6.04 Å². The molecule has 2 atom stereocenters. The molecule has 0 aromatic rings. The number of carboxylic acid groups (broad SMARTS) is 1. The number of rotatable bonds is 3. The van der Waals surface area contributed by atoms with Gasteiger partial charge in [0.15, 0.2) is 0 Å². The zero-order valence-corrected chi connectivity index (χ0v) is 10.3. The first kappa shape index (κ1) is 13.3. The quantitative estimate of drug-likeness (QED) is 0.634. The largest absolute Gasteiger partial charge is 0.480 e. The minimum atomic E-state index is -1.05. The van der Waals surface area contributed by atoms with Crippen LogP contribution in [0.15, 0.2) is 0 Å². The van der Waals surface area contributed by atoms with Gasteiger partial charge < -0.3 is 20.8 Å². The molecule has 0 aromatic heterocycles. The number of hydrogen-bond donors (Lipinski definition) is 3. The fraction of sp³-hybridized carbons (Fsp3) is 0.833. The minimum Gasteiger partial charge on any atom is -0.480 e. The number of aliphatic hydroxyl groups excluding tert-OH is 1. The molecule has 2 rings (SSSR count). The first-order chi connectivity index (χ1) is 8.50. The van der Waals surface area contributed by atoms with E-state index in [0.29, 0.717) is 0 Å². The summed E-state index contributed by atoms with van der Waals surface area (Å²) in [5.74, 6) is -1.24. The van der Waals surface area contributed by atoms with Crippen molar-refractivity contribution in [3.63, 3.8) is 0 Å². The van der Waals surface area contributed by atoms with E-state index in [9.17, 15) is 14.7 Å². The summed E-state index contributed by atoms with van der Waals surface area (Å²) in [6.45, 7) is 0.363. The highest BCUT2D eigenvalue weighted by Crippen LogP contribution is 2.40.